The fourth-order valence-electron chi connectivity index (χ4n) is 3.48. The number of guanidine groups is 1. The lowest BCUT2D eigenvalue weighted by atomic mass is 9.98. The lowest BCUT2D eigenvalue weighted by Gasteiger charge is -2.31. The highest BCUT2D eigenvalue weighted by atomic mass is 19.1. The van der Waals surface area contributed by atoms with Crippen LogP contribution < -0.4 is 16.2 Å². The van der Waals surface area contributed by atoms with Crippen LogP contribution in [0.2, 0.25) is 0 Å². The molecule has 0 spiro atoms. The van der Waals surface area contributed by atoms with Gasteiger partial charge in [-0.25, -0.2) is 19.2 Å². The van der Waals surface area contributed by atoms with E-state index in [0.29, 0.717) is 25.3 Å². The molecule has 2 amide bonds. The van der Waals surface area contributed by atoms with Gasteiger partial charge in [-0.1, -0.05) is 18.2 Å². The van der Waals surface area contributed by atoms with Crippen LogP contribution in [0.25, 0.3) is 11.1 Å². The van der Waals surface area contributed by atoms with Crippen molar-refractivity contribution in [2.24, 2.45) is 22.4 Å². The summed E-state index contributed by atoms with van der Waals surface area (Å²) < 4.78 is 30.3. The molecule has 0 radical (unpaired) electrons. The first-order valence-corrected chi connectivity index (χ1v) is 10.6. The average Bonchev–Trinajstić information content (AvgIpc) is 2.82. The fourth-order valence-corrected chi connectivity index (χ4v) is 3.48. The monoisotopic (exact) mass is 474 g/mol. The highest BCUT2D eigenvalue weighted by molar-refractivity contribution is 5.87. The molecule has 3 rings (SSSR count). The van der Waals surface area contributed by atoms with E-state index in [1.807, 2.05) is 0 Å². The van der Waals surface area contributed by atoms with E-state index >= 15 is 0 Å². The van der Waals surface area contributed by atoms with E-state index in [9.17, 15) is 14.0 Å². The number of ether oxygens (including phenoxy) is 3. The van der Waals surface area contributed by atoms with Crippen LogP contribution in [0, 0.1) is 11.7 Å². The Morgan fingerprint density at radius 1 is 1.21 bits per heavy atom. The highest BCUT2D eigenvalue weighted by Gasteiger charge is 2.23. The average molecular weight is 474 g/mol. The van der Waals surface area contributed by atoms with E-state index in [-0.39, 0.29) is 42.2 Å². The van der Waals surface area contributed by atoms with Gasteiger partial charge in [0.05, 0.1) is 6.61 Å². The summed E-state index contributed by atoms with van der Waals surface area (Å²) in [6, 6.07) is 4.85. The summed E-state index contributed by atoms with van der Waals surface area (Å²) in [5, 5.41) is 0. The molecule has 12 heteroatoms. The summed E-state index contributed by atoms with van der Waals surface area (Å²) in [5.74, 6) is -0.747. The summed E-state index contributed by atoms with van der Waals surface area (Å²) in [7, 11) is 1.50. The Hall–Kier alpha value is -3.80. The predicted molar refractivity (Wildman–Crippen MR) is 120 cm³/mol. The normalized spacial score (nSPS) is 13.9. The molecule has 0 unspecified atom stereocenters. The van der Waals surface area contributed by atoms with Crippen LogP contribution in [0.1, 0.15) is 18.4 Å². The lowest BCUT2D eigenvalue weighted by Crippen LogP contribution is -2.41. The molecule has 1 aromatic carbocycles. The van der Waals surface area contributed by atoms with Gasteiger partial charge in [-0.3, -0.25) is 4.79 Å². The Kier molecular flexibility index (Phi) is 8.68. The van der Waals surface area contributed by atoms with Gasteiger partial charge in [0.1, 0.15) is 19.0 Å². The molecule has 1 aliphatic heterocycles. The highest BCUT2D eigenvalue weighted by Crippen LogP contribution is 2.25. The zero-order valence-corrected chi connectivity index (χ0v) is 18.8. The molecule has 182 valence electrons. The summed E-state index contributed by atoms with van der Waals surface area (Å²) in [6.45, 7) is 1.50. The van der Waals surface area contributed by atoms with Crippen LogP contribution in [0.5, 0.6) is 6.01 Å². The Balaban J connectivity index is 1.54. The molecule has 0 atom stereocenters. The molecule has 0 saturated carbocycles. The maximum atomic E-state index is 14.9. The van der Waals surface area contributed by atoms with E-state index in [1.54, 1.807) is 17.0 Å². The van der Waals surface area contributed by atoms with Crippen LogP contribution >= 0.6 is 0 Å². The van der Waals surface area contributed by atoms with Crippen molar-refractivity contribution in [2.45, 2.75) is 19.4 Å². The minimum atomic E-state index is -1.01. The molecule has 11 nitrogen and oxygen atoms in total. The van der Waals surface area contributed by atoms with Gasteiger partial charge < -0.3 is 30.6 Å². The minimum absolute atomic E-state index is 0.0102. The molecule has 1 saturated heterocycles. The topological polar surface area (TPSA) is 155 Å². The van der Waals surface area contributed by atoms with Gasteiger partial charge in [0.25, 0.3) is 0 Å². The minimum Gasteiger partial charge on any atom is -0.463 e. The Bertz CT molecular complexity index is 1020. The van der Waals surface area contributed by atoms with Gasteiger partial charge in [-0.15, -0.1) is 4.99 Å². The van der Waals surface area contributed by atoms with Gasteiger partial charge in [0.2, 0.25) is 5.91 Å². The molecule has 0 aliphatic carbocycles. The van der Waals surface area contributed by atoms with Crippen molar-refractivity contribution in [3.63, 3.8) is 0 Å². The van der Waals surface area contributed by atoms with Gasteiger partial charge in [0.15, 0.2) is 5.96 Å². The standard InChI is InChI=1S/C22H27FN6O5/c1-32-13-18(30)29-7-5-14(6-8-29)11-33-21-26-9-16(10-27-21)17-4-2-3-15(19(17)23)12-34-22(31)28-20(24)25/h2-4,9-10,14H,5-8,11-13H2,1H3,(H4,24,25,28,31). The second-order valence-electron chi connectivity index (χ2n) is 7.69. The molecule has 2 aromatic rings. The summed E-state index contributed by atoms with van der Waals surface area (Å²) in [4.78, 5) is 36.6. The van der Waals surface area contributed by atoms with Crippen LogP contribution in [-0.2, 0) is 20.9 Å². The number of amides is 2. The number of aromatic nitrogens is 2. The number of nitrogens with zero attached hydrogens (tertiary/aromatic N) is 4. The number of rotatable bonds is 8. The Labute approximate surface area is 195 Å². The number of carbonyl (C=O) groups is 2. The molecule has 1 aromatic heterocycles. The molecule has 1 aliphatic rings. The zero-order chi connectivity index (χ0) is 24.5. The first-order valence-electron chi connectivity index (χ1n) is 10.6. The number of hydrogen-bond acceptors (Lipinski definition) is 7. The second kappa shape index (κ2) is 11.9. The summed E-state index contributed by atoms with van der Waals surface area (Å²) in [5.41, 5.74) is 11.0. The molecule has 2 heterocycles. The second-order valence-corrected chi connectivity index (χ2v) is 7.69. The quantitative estimate of drug-likeness (QED) is 0.427. The van der Waals surface area contributed by atoms with Crippen molar-refractivity contribution in [3.05, 3.63) is 42.0 Å². The van der Waals surface area contributed by atoms with Crippen molar-refractivity contribution in [3.8, 4) is 17.1 Å². The van der Waals surface area contributed by atoms with E-state index in [0.717, 1.165) is 12.8 Å². The molecular weight excluding hydrogens is 447 g/mol. The third kappa shape index (κ3) is 6.85. The number of hydrogen-bond donors (Lipinski definition) is 2. The number of likely N-dealkylation sites (tertiary alicyclic amines) is 1. The Morgan fingerprint density at radius 3 is 2.56 bits per heavy atom. The molecule has 0 bridgehead atoms. The van der Waals surface area contributed by atoms with Crippen molar-refractivity contribution in [2.75, 3.05) is 33.4 Å². The fraction of sp³-hybridized carbons (Fsp3) is 0.409. The van der Waals surface area contributed by atoms with Gasteiger partial charge in [-0.2, -0.15) is 0 Å². The first kappa shape index (κ1) is 24.8. The number of methoxy groups -OCH3 is 1. The summed E-state index contributed by atoms with van der Waals surface area (Å²) in [6.07, 6.45) is 3.55. The SMILES string of the molecule is COCC(=O)N1CCC(COc2ncc(-c3cccc(COC(=O)N=C(N)N)c3F)cn2)CC1. The van der Waals surface area contributed by atoms with Crippen molar-refractivity contribution >= 4 is 18.0 Å². The van der Waals surface area contributed by atoms with E-state index in [4.69, 9.17) is 25.7 Å². The van der Waals surface area contributed by atoms with Crippen LogP contribution in [0.15, 0.2) is 35.6 Å². The maximum absolute atomic E-state index is 14.9. The Morgan fingerprint density at radius 2 is 1.91 bits per heavy atom. The van der Waals surface area contributed by atoms with Crippen molar-refractivity contribution in [1.82, 2.24) is 14.9 Å². The number of benzene rings is 1. The third-order valence-corrected chi connectivity index (χ3v) is 5.27. The molecular formula is C22H27FN6O5. The van der Waals surface area contributed by atoms with Crippen LogP contribution in [0.4, 0.5) is 9.18 Å². The number of piperidine rings is 1. The van der Waals surface area contributed by atoms with E-state index in [2.05, 4.69) is 15.0 Å². The number of carbonyl (C=O) groups excluding carboxylic acids is 2. The van der Waals surface area contributed by atoms with Crippen LogP contribution in [-0.4, -0.2) is 66.2 Å². The first-order chi connectivity index (χ1) is 16.4. The molecule has 1 fully saturated rings. The predicted octanol–water partition coefficient (Wildman–Crippen LogP) is 1.46. The van der Waals surface area contributed by atoms with E-state index < -0.39 is 17.9 Å². The van der Waals surface area contributed by atoms with Gasteiger partial charge >= 0.3 is 12.1 Å². The lowest BCUT2D eigenvalue weighted by molar-refractivity contribution is -0.136. The zero-order valence-electron chi connectivity index (χ0n) is 18.8. The summed E-state index contributed by atoms with van der Waals surface area (Å²) >= 11 is 0. The third-order valence-electron chi connectivity index (χ3n) is 5.27. The maximum Gasteiger partial charge on any atom is 0.437 e. The van der Waals surface area contributed by atoms with Gasteiger partial charge in [-0.05, 0) is 18.8 Å². The van der Waals surface area contributed by atoms with E-state index in [1.165, 1.54) is 25.6 Å². The number of halogens is 1. The van der Waals surface area contributed by atoms with Crippen molar-refractivity contribution in [1.29, 1.82) is 0 Å². The number of nitrogens with two attached hydrogens (primary N) is 2. The largest absolute Gasteiger partial charge is 0.463 e. The van der Waals surface area contributed by atoms with Crippen molar-refractivity contribution < 1.29 is 28.2 Å². The molecule has 4 N–H and O–H groups in total. The number of aliphatic imine (C=N–C) groups is 1. The smallest absolute Gasteiger partial charge is 0.437 e. The van der Waals surface area contributed by atoms with Gasteiger partial charge in [0, 0.05) is 49.3 Å². The molecule has 34 heavy (non-hydrogen) atoms. The van der Waals surface area contributed by atoms with Crippen LogP contribution in [0.3, 0.4) is 0 Å².